The lowest BCUT2D eigenvalue weighted by molar-refractivity contribution is 0.174. The van der Waals surface area contributed by atoms with Crippen LogP contribution in [-0.2, 0) is 45.4 Å². The Kier molecular flexibility index (Phi) is 15.9. The molecule has 0 bridgehead atoms. The summed E-state index contributed by atoms with van der Waals surface area (Å²) in [6.07, 6.45) is 7.05. The van der Waals surface area contributed by atoms with Crippen molar-refractivity contribution in [2.45, 2.75) is 151 Å². The number of aryl methyl sites for hydroxylation is 2. The van der Waals surface area contributed by atoms with Crippen LogP contribution in [-0.4, -0.2) is 46.2 Å². The second-order valence-corrected chi connectivity index (χ2v) is 18.3. The molecule has 6 heteroatoms. The molecule has 5 heterocycles. The molecule has 6 nitrogen and oxygen atoms in total. The van der Waals surface area contributed by atoms with Crippen LogP contribution in [0.4, 0.5) is 5.69 Å². The standard InChI is InChI=1S/C12H16.2C11H15N.C10H14N2.C10H12O2/c1-9(2)11-7-6-10-4-3-5-12(10)8-11;1-9(2)12-7-10-5-3-4-6-11(10)8-12;1-9(2)12-8-7-10-5-3-4-6-11(10)12;1-8(2)12-6-9-4-3-5-11-10(9)7-12;1-7(2)8-3-4-9-10(5-8)12-6-11-9/h6-9H,3-5H2,1-2H3;2*3-6,9H,7-8H2,1-2H3;3-5,8H,6-7H2,1-2H3;3-5,7H,6H2,1-2H3. The first-order valence-corrected chi connectivity index (χ1v) is 22.7. The Morgan fingerprint density at radius 3 is 1.70 bits per heavy atom. The first-order valence-electron chi connectivity index (χ1n) is 22.7. The fourth-order valence-electron chi connectivity index (χ4n) is 8.44. The van der Waals surface area contributed by atoms with Crippen molar-refractivity contribution in [2.24, 2.45) is 0 Å². The summed E-state index contributed by atoms with van der Waals surface area (Å²) in [5, 5.41) is 0. The van der Waals surface area contributed by atoms with Crippen molar-refractivity contribution in [3.63, 3.8) is 0 Å². The highest BCUT2D eigenvalue weighted by molar-refractivity contribution is 5.58. The van der Waals surface area contributed by atoms with Gasteiger partial charge in [-0.1, -0.05) is 100 Å². The molecule has 0 atom stereocenters. The van der Waals surface area contributed by atoms with Gasteiger partial charge in [-0.15, -0.1) is 0 Å². The summed E-state index contributed by atoms with van der Waals surface area (Å²) < 4.78 is 10.5. The molecule has 5 aliphatic rings. The average molecular weight is 809 g/mol. The van der Waals surface area contributed by atoms with Crippen molar-refractivity contribution < 1.29 is 9.47 Å². The number of benzene rings is 4. The fourth-order valence-corrected chi connectivity index (χ4v) is 8.44. The van der Waals surface area contributed by atoms with E-state index in [4.69, 9.17) is 9.47 Å². The highest BCUT2D eigenvalue weighted by Crippen LogP contribution is 2.34. The van der Waals surface area contributed by atoms with Gasteiger partial charge in [-0.25, -0.2) is 0 Å². The fraction of sp³-hybridized carbons (Fsp3) is 0.463. The second kappa shape index (κ2) is 21.2. The van der Waals surface area contributed by atoms with Crippen molar-refractivity contribution in [2.75, 3.05) is 18.2 Å². The van der Waals surface area contributed by atoms with E-state index >= 15 is 0 Å². The van der Waals surface area contributed by atoms with Gasteiger partial charge in [0.15, 0.2) is 11.5 Å². The molecule has 4 aliphatic heterocycles. The lowest BCUT2D eigenvalue weighted by Gasteiger charge is -2.23. The molecule has 5 aromatic rings. The molecule has 10 rings (SSSR count). The Hall–Kier alpha value is -4.65. The lowest BCUT2D eigenvalue weighted by Crippen LogP contribution is -2.28. The number of ether oxygens (including phenoxy) is 2. The first-order chi connectivity index (χ1) is 28.9. The minimum absolute atomic E-state index is 0.358. The Labute approximate surface area is 363 Å². The zero-order valence-electron chi connectivity index (χ0n) is 38.4. The Morgan fingerprint density at radius 2 is 1.05 bits per heavy atom. The minimum atomic E-state index is 0.358. The van der Waals surface area contributed by atoms with E-state index in [1.54, 1.807) is 11.1 Å². The van der Waals surface area contributed by atoms with Gasteiger partial charge < -0.3 is 14.4 Å². The number of nitrogens with zero attached hydrogens (tertiary/aromatic N) is 4. The smallest absolute Gasteiger partial charge is 0.231 e. The molecular weight excluding hydrogens is 737 g/mol. The molecule has 1 aliphatic carbocycles. The van der Waals surface area contributed by atoms with Crippen molar-refractivity contribution in [3.05, 3.63) is 153 Å². The summed E-state index contributed by atoms with van der Waals surface area (Å²) in [5.74, 6) is 2.95. The highest BCUT2D eigenvalue weighted by atomic mass is 16.7. The molecule has 0 N–H and O–H groups in total. The summed E-state index contributed by atoms with van der Waals surface area (Å²) in [5.41, 5.74) is 14.6. The number of rotatable bonds is 5. The van der Waals surface area contributed by atoms with Crippen LogP contribution in [0.5, 0.6) is 11.5 Å². The van der Waals surface area contributed by atoms with Crippen molar-refractivity contribution >= 4 is 5.69 Å². The molecule has 320 valence electrons. The maximum Gasteiger partial charge on any atom is 0.231 e. The Morgan fingerprint density at radius 1 is 0.483 bits per heavy atom. The van der Waals surface area contributed by atoms with Crippen LogP contribution in [0.3, 0.4) is 0 Å². The molecule has 0 fully saturated rings. The number of aromatic nitrogens is 1. The van der Waals surface area contributed by atoms with Gasteiger partial charge >= 0.3 is 0 Å². The van der Waals surface area contributed by atoms with Crippen LogP contribution in [0.15, 0.2) is 103 Å². The molecule has 0 radical (unpaired) electrons. The van der Waals surface area contributed by atoms with E-state index in [0.29, 0.717) is 36.8 Å². The van der Waals surface area contributed by atoms with Gasteiger partial charge in [0, 0.05) is 62.7 Å². The van der Waals surface area contributed by atoms with E-state index in [0.717, 1.165) is 37.7 Å². The van der Waals surface area contributed by atoms with Gasteiger partial charge in [-0.3, -0.25) is 14.8 Å². The number of pyridine rings is 1. The summed E-state index contributed by atoms with van der Waals surface area (Å²) in [6.45, 7) is 28.2. The van der Waals surface area contributed by atoms with E-state index < -0.39 is 0 Å². The predicted octanol–water partition coefficient (Wildman–Crippen LogP) is 12.5. The largest absolute Gasteiger partial charge is 0.454 e. The molecule has 4 aromatic carbocycles. The van der Waals surface area contributed by atoms with Gasteiger partial charge in [0.05, 0.1) is 5.69 Å². The third kappa shape index (κ3) is 11.8. The molecule has 0 saturated heterocycles. The molecule has 1 aromatic heterocycles. The number of hydrogen-bond acceptors (Lipinski definition) is 6. The van der Waals surface area contributed by atoms with Crippen molar-refractivity contribution in [3.8, 4) is 11.5 Å². The van der Waals surface area contributed by atoms with Gasteiger partial charge in [0.2, 0.25) is 6.79 Å². The maximum atomic E-state index is 5.27. The third-order valence-corrected chi connectivity index (χ3v) is 12.4. The number of anilines is 1. The monoisotopic (exact) mass is 809 g/mol. The second-order valence-electron chi connectivity index (χ2n) is 18.3. The van der Waals surface area contributed by atoms with E-state index in [1.807, 2.05) is 24.4 Å². The summed E-state index contributed by atoms with van der Waals surface area (Å²) in [4.78, 5) is 11.7. The quantitative estimate of drug-likeness (QED) is 0.176. The molecular formula is C54H72N4O2. The molecule has 0 spiro atoms. The van der Waals surface area contributed by atoms with Gasteiger partial charge in [-0.2, -0.15) is 0 Å². The number of para-hydroxylation sites is 1. The van der Waals surface area contributed by atoms with Crippen LogP contribution in [0.25, 0.3) is 0 Å². The summed E-state index contributed by atoms with van der Waals surface area (Å²) in [7, 11) is 0. The van der Waals surface area contributed by atoms with Crippen LogP contribution in [0, 0.1) is 0 Å². The van der Waals surface area contributed by atoms with Gasteiger partial charge in [0.1, 0.15) is 0 Å². The molecule has 60 heavy (non-hydrogen) atoms. The molecule has 0 saturated carbocycles. The first kappa shape index (κ1) is 44.9. The van der Waals surface area contributed by atoms with E-state index in [9.17, 15) is 0 Å². The molecule has 0 amide bonds. The van der Waals surface area contributed by atoms with Gasteiger partial charge in [-0.05, 0) is 148 Å². The topological polar surface area (TPSA) is 41.1 Å². The maximum absolute atomic E-state index is 5.27. The van der Waals surface area contributed by atoms with E-state index in [1.165, 1.54) is 77.0 Å². The summed E-state index contributed by atoms with van der Waals surface area (Å²) in [6, 6.07) is 36.6. The van der Waals surface area contributed by atoms with Crippen LogP contribution in [0.1, 0.15) is 138 Å². The average Bonchev–Trinajstić information content (AvgIpc) is 4.10. The van der Waals surface area contributed by atoms with Crippen LogP contribution < -0.4 is 14.4 Å². The normalized spacial score (nSPS) is 15.7. The van der Waals surface area contributed by atoms with E-state index in [-0.39, 0.29) is 0 Å². The molecule has 0 unspecified atom stereocenters. The lowest BCUT2D eigenvalue weighted by atomic mass is 9.99. The number of hydrogen-bond donors (Lipinski definition) is 0. The van der Waals surface area contributed by atoms with E-state index in [2.05, 4.69) is 168 Å². The highest BCUT2D eigenvalue weighted by Gasteiger charge is 2.22. The predicted molar refractivity (Wildman–Crippen MR) is 251 cm³/mol. The zero-order chi connectivity index (χ0) is 42.8. The van der Waals surface area contributed by atoms with Crippen molar-refractivity contribution in [1.29, 1.82) is 0 Å². The van der Waals surface area contributed by atoms with Crippen molar-refractivity contribution in [1.82, 2.24) is 14.8 Å². The Balaban J connectivity index is 0.000000126. The van der Waals surface area contributed by atoms with Gasteiger partial charge in [0.25, 0.3) is 0 Å². The minimum Gasteiger partial charge on any atom is -0.454 e. The number of fused-ring (bicyclic) bond motifs is 5. The zero-order valence-corrected chi connectivity index (χ0v) is 38.4. The third-order valence-electron chi connectivity index (χ3n) is 12.4. The Bertz CT molecular complexity index is 1950. The van der Waals surface area contributed by atoms with Crippen LogP contribution in [0.2, 0.25) is 0 Å². The SMILES string of the molecule is CC(C)N1CCc2ccccc21.CC(C)N1Cc2ccccc2C1.CC(C)N1Cc2cccnc2C1.CC(C)c1ccc2c(c1)CCC2.CC(C)c1ccc2c(c1)OCO2. The van der Waals surface area contributed by atoms with Crippen LogP contribution >= 0.6 is 0 Å². The summed E-state index contributed by atoms with van der Waals surface area (Å²) >= 11 is 0.